The number of thiophene rings is 1. The Morgan fingerprint density at radius 3 is 2.89 bits per heavy atom. The molecule has 19 heavy (non-hydrogen) atoms. The van der Waals surface area contributed by atoms with Crippen LogP contribution in [-0.4, -0.2) is 29.6 Å². The standard InChI is InChI=1S/C14H16N2OS2/c15-8-10-1-4-16(5-2-10)14(17)13-7-11-9-18-6-3-12(11)19-13/h7,10H,1-6,9H2. The number of nitriles is 1. The number of carbonyl (C=O) groups is 1. The van der Waals surface area contributed by atoms with E-state index in [-0.39, 0.29) is 11.8 Å². The van der Waals surface area contributed by atoms with Crippen LogP contribution in [0.5, 0.6) is 0 Å². The number of rotatable bonds is 1. The van der Waals surface area contributed by atoms with Gasteiger partial charge >= 0.3 is 0 Å². The van der Waals surface area contributed by atoms with E-state index in [0.29, 0.717) is 0 Å². The van der Waals surface area contributed by atoms with Crippen LogP contribution < -0.4 is 0 Å². The van der Waals surface area contributed by atoms with E-state index in [1.165, 1.54) is 16.2 Å². The van der Waals surface area contributed by atoms with Crippen molar-refractivity contribution < 1.29 is 4.79 Å². The van der Waals surface area contributed by atoms with Gasteiger partial charge in [0, 0.05) is 29.6 Å². The van der Waals surface area contributed by atoms with Gasteiger partial charge in [-0.15, -0.1) is 11.3 Å². The number of hydrogen-bond acceptors (Lipinski definition) is 4. The SMILES string of the molecule is N#CC1CCN(C(=O)c2cc3c(s2)CCSC3)CC1. The second-order valence-electron chi connectivity index (χ2n) is 5.06. The van der Waals surface area contributed by atoms with Crippen LogP contribution >= 0.6 is 23.1 Å². The molecule has 0 N–H and O–H groups in total. The summed E-state index contributed by atoms with van der Waals surface area (Å²) >= 11 is 3.62. The molecule has 1 aromatic rings. The van der Waals surface area contributed by atoms with Crippen molar-refractivity contribution in [2.24, 2.45) is 5.92 Å². The van der Waals surface area contributed by atoms with Crippen LogP contribution in [0.1, 0.15) is 33.0 Å². The van der Waals surface area contributed by atoms with Crippen LogP contribution in [0.4, 0.5) is 0 Å². The Labute approximate surface area is 121 Å². The molecule has 2 aliphatic heterocycles. The molecule has 0 unspecified atom stereocenters. The molecule has 1 aromatic heterocycles. The molecular weight excluding hydrogens is 276 g/mol. The van der Waals surface area contributed by atoms with Crippen LogP contribution in [0.15, 0.2) is 6.07 Å². The number of hydrogen-bond donors (Lipinski definition) is 0. The minimum absolute atomic E-state index is 0.136. The van der Waals surface area contributed by atoms with Crippen LogP contribution in [0.25, 0.3) is 0 Å². The highest BCUT2D eigenvalue weighted by Gasteiger charge is 2.25. The van der Waals surface area contributed by atoms with Crippen molar-refractivity contribution in [3.63, 3.8) is 0 Å². The lowest BCUT2D eigenvalue weighted by molar-refractivity contribution is 0.0712. The molecular formula is C14H16N2OS2. The fourth-order valence-electron chi connectivity index (χ4n) is 2.62. The fraction of sp³-hybridized carbons (Fsp3) is 0.571. The highest BCUT2D eigenvalue weighted by molar-refractivity contribution is 7.98. The highest BCUT2D eigenvalue weighted by Crippen LogP contribution is 2.32. The summed E-state index contributed by atoms with van der Waals surface area (Å²) in [4.78, 5) is 16.7. The van der Waals surface area contributed by atoms with Gasteiger partial charge in [0.1, 0.15) is 0 Å². The second-order valence-corrected chi connectivity index (χ2v) is 7.30. The molecule has 3 nitrogen and oxygen atoms in total. The van der Waals surface area contributed by atoms with Gasteiger partial charge < -0.3 is 4.90 Å². The number of nitrogens with zero attached hydrogens (tertiary/aromatic N) is 2. The lowest BCUT2D eigenvalue weighted by Gasteiger charge is -2.28. The van der Waals surface area contributed by atoms with Gasteiger partial charge in [-0.2, -0.15) is 17.0 Å². The first-order chi connectivity index (χ1) is 9.28. The summed E-state index contributed by atoms with van der Waals surface area (Å²) in [6.45, 7) is 1.46. The molecule has 0 spiro atoms. The third-order valence-electron chi connectivity index (χ3n) is 3.80. The van der Waals surface area contributed by atoms with Crippen molar-refractivity contribution in [1.82, 2.24) is 4.90 Å². The van der Waals surface area contributed by atoms with Crippen molar-refractivity contribution in [2.45, 2.75) is 25.0 Å². The molecule has 0 radical (unpaired) electrons. The average molecular weight is 292 g/mol. The van der Waals surface area contributed by atoms with Crippen molar-refractivity contribution >= 4 is 29.0 Å². The summed E-state index contributed by atoms with van der Waals surface area (Å²) in [5.74, 6) is 2.53. The maximum Gasteiger partial charge on any atom is 0.263 e. The number of piperidine rings is 1. The molecule has 0 saturated carbocycles. The lowest BCUT2D eigenvalue weighted by atomic mass is 9.98. The molecule has 5 heteroatoms. The van der Waals surface area contributed by atoms with E-state index in [1.807, 2.05) is 16.7 Å². The first-order valence-electron chi connectivity index (χ1n) is 6.66. The van der Waals surface area contributed by atoms with E-state index < -0.39 is 0 Å². The zero-order valence-corrected chi connectivity index (χ0v) is 12.4. The van der Waals surface area contributed by atoms with Gasteiger partial charge in [0.25, 0.3) is 5.91 Å². The number of aryl methyl sites for hydroxylation is 1. The molecule has 0 aliphatic carbocycles. The number of fused-ring (bicyclic) bond motifs is 1. The quantitative estimate of drug-likeness (QED) is 0.799. The Kier molecular flexibility index (Phi) is 3.81. The maximum absolute atomic E-state index is 12.5. The Morgan fingerprint density at radius 1 is 1.42 bits per heavy atom. The fourth-order valence-corrected chi connectivity index (χ4v) is 4.96. The molecule has 3 rings (SSSR count). The van der Waals surface area contributed by atoms with Crippen molar-refractivity contribution in [3.8, 4) is 6.07 Å². The van der Waals surface area contributed by atoms with Crippen LogP contribution in [0.2, 0.25) is 0 Å². The highest BCUT2D eigenvalue weighted by atomic mass is 32.2. The predicted octanol–water partition coefficient (Wildman–Crippen LogP) is 2.91. The van der Waals surface area contributed by atoms with Crippen molar-refractivity contribution in [2.75, 3.05) is 18.8 Å². The number of likely N-dealkylation sites (tertiary alicyclic amines) is 1. The summed E-state index contributed by atoms with van der Waals surface area (Å²) in [5, 5.41) is 8.89. The normalized spacial score (nSPS) is 19.8. The van der Waals surface area contributed by atoms with Gasteiger partial charge in [0.15, 0.2) is 0 Å². The van der Waals surface area contributed by atoms with Gasteiger partial charge in [-0.1, -0.05) is 0 Å². The lowest BCUT2D eigenvalue weighted by Crippen LogP contribution is -2.37. The van der Waals surface area contributed by atoms with Gasteiger partial charge in [0.05, 0.1) is 10.9 Å². The van der Waals surface area contributed by atoms with E-state index in [9.17, 15) is 4.79 Å². The third kappa shape index (κ3) is 2.65. The minimum atomic E-state index is 0.136. The Balaban J connectivity index is 1.71. The van der Waals surface area contributed by atoms with E-state index >= 15 is 0 Å². The van der Waals surface area contributed by atoms with E-state index in [2.05, 4.69) is 12.1 Å². The second kappa shape index (κ2) is 5.56. The first-order valence-corrected chi connectivity index (χ1v) is 8.63. The summed E-state index contributed by atoms with van der Waals surface area (Å²) < 4.78 is 0. The zero-order valence-electron chi connectivity index (χ0n) is 10.7. The van der Waals surface area contributed by atoms with Gasteiger partial charge in [0.2, 0.25) is 0 Å². The molecule has 0 atom stereocenters. The summed E-state index contributed by atoms with van der Waals surface area (Å²) in [7, 11) is 0. The molecule has 3 heterocycles. The molecule has 2 aliphatic rings. The monoisotopic (exact) mass is 292 g/mol. The number of carbonyl (C=O) groups excluding carboxylic acids is 1. The van der Waals surface area contributed by atoms with Gasteiger partial charge in [-0.3, -0.25) is 4.79 Å². The average Bonchev–Trinajstić information content (AvgIpc) is 2.90. The molecule has 1 saturated heterocycles. The third-order valence-corrected chi connectivity index (χ3v) is 6.04. The largest absolute Gasteiger partial charge is 0.338 e. The van der Waals surface area contributed by atoms with Crippen LogP contribution in [-0.2, 0) is 12.2 Å². The van der Waals surface area contributed by atoms with E-state index in [0.717, 1.165) is 43.0 Å². The Morgan fingerprint density at radius 2 is 2.21 bits per heavy atom. The summed E-state index contributed by atoms with van der Waals surface area (Å²) in [6.07, 6.45) is 2.75. The van der Waals surface area contributed by atoms with Crippen LogP contribution in [0, 0.1) is 17.2 Å². The molecule has 100 valence electrons. The molecule has 0 aromatic carbocycles. The van der Waals surface area contributed by atoms with Gasteiger partial charge in [-0.05, 0) is 36.6 Å². The molecule has 1 amide bonds. The smallest absolute Gasteiger partial charge is 0.263 e. The molecule has 1 fully saturated rings. The number of amides is 1. The topological polar surface area (TPSA) is 44.1 Å². The van der Waals surface area contributed by atoms with Crippen molar-refractivity contribution in [1.29, 1.82) is 5.26 Å². The van der Waals surface area contributed by atoms with E-state index in [4.69, 9.17) is 5.26 Å². The van der Waals surface area contributed by atoms with Crippen LogP contribution in [0.3, 0.4) is 0 Å². The van der Waals surface area contributed by atoms with E-state index in [1.54, 1.807) is 11.3 Å². The zero-order chi connectivity index (χ0) is 13.2. The Hall–Kier alpha value is -0.990. The predicted molar refractivity (Wildman–Crippen MR) is 78.4 cm³/mol. The molecule has 0 bridgehead atoms. The maximum atomic E-state index is 12.5. The van der Waals surface area contributed by atoms with Crippen molar-refractivity contribution in [3.05, 3.63) is 21.4 Å². The summed E-state index contributed by atoms with van der Waals surface area (Å²) in [5.41, 5.74) is 1.36. The first kappa shape index (κ1) is 13.0. The van der Waals surface area contributed by atoms with Gasteiger partial charge in [-0.25, -0.2) is 0 Å². The number of thioether (sulfide) groups is 1. The summed E-state index contributed by atoms with van der Waals surface area (Å²) in [6, 6.07) is 4.39. The Bertz CT molecular complexity index is 501. The minimum Gasteiger partial charge on any atom is -0.338 e.